The minimum absolute atomic E-state index is 0.336. The van der Waals surface area contributed by atoms with Crippen LogP contribution in [0.15, 0.2) is 0 Å². The smallest absolute Gasteiger partial charge is 0.227 e. The van der Waals surface area contributed by atoms with Crippen molar-refractivity contribution in [3.8, 4) is 0 Å². The highest BCUT2D eigenvalue weighted by Gasteiger charge is 2.20. The van der Waals surface area contributed by atoms with E-state index in [-0.39, 0.29) is 0 Å². The van der Waals surface area contributed by atoms with Crippen molar-refractivity contribution in [2.45, 2.75) is 32.8 Å². The lowest BCUT2D eigenvalue weighted by molar-refractivity contribution is 0.116. The van der Waals surface area contributed by atoms with Gasteiger partial charge in [-0.3, -0.25) is 0 Å². The zero-order valence-corrected chi connectivity index (χ0v) is 12.6. The molecule has 2 rings (SSSR count). The van der Waals surface area contributed by atoms with Gasteiger partial charge in [0.25, 0.3) is 0 Å². The lowest BCUT2D eigenvalue weighted by Gasteiger charge is -2.25. The van der Waals surface area contributed by atoms with E-state index in [1.165, 1.54) is 6.42 Å². The van der Waals surface area contributed by atoms with E-state index in [1.54, 1.807) is 0 Å². The zero-order valence-electron chi connectivity index (χ0n) is 12.6. The predicted molar refractivity (Wildman–Crippen MR) is 78.1 cm³/mol. The van der Waals surface area contributed by atoms with E-state index in [0.29, 0.717) is 6.10 Å². The normalized spacial score (nSPS) is 18.7. The summed E-state index contributed by atoms with van der Waals surface area (Å²) in [4.78, 5) is 13.3. The summed E-state index contributed by atoms with van der Waals surface area (Å²) in [5.74, 6) is 1.77. The van der Waals surface area contributed by atoms with Gasteiger partial charge in [-0.05, 0) is 26.7 Å². The van der Waals surface area contributed by atoms with Crippen molar-refractivity contribution in [1.29, 1.82) is 0 Å². The molecule has 0 bridgehead atoms. The lowest BCUT2D eigenvalue weighted by atomic mass is 10.2. The van der Waals surface area contributed by atoms with Gasteiger partial charge in [-0.2, -0.15) is 4.98 Å². The highest BCUT2D eigenvalue weighted by atomic mass is 16.5. The fourth-order valence-corrected chi connectivity index (χ4v) is 2.35. The minimum atomic E-state index is 0.336. The molecule has 1 unspecified atom stereocenters. The third-order valence-electron chi connectivity index (χ3n) is 3.61. The summed E-state index contributed by atoms with van der Waals surface area (Å²) in [7, 11) is 6.01. The van der Waals surface area contributed by atoms with Crippen LogP contribution in [0.5, 0.6) is 0 Å². The van der Waals surface area contributed by atoms with Gasteiger partial charge in [0.2, 0.25) is 5.95 Å². The molecule has 1 aromatic rings. The lowest BCUT2D eigenvalue weighted by Crippen LogP contribution is -2.30. The van der Waals surface area contributed by atoms with Crippen molar-refractivity contribution in [3.05, 3.63) is 11.3 Å². The Kier molecular flexibility index (Phi) is 4.24. The molecule has 0 radical (unpaired) electrons. The number of hydrogen-bond acceptors (Lipinski definition) is 5. The summed E-state index contributed by atoms with van der Waals surface area (Å²) < 4.78 is 5.70. The van der Waals surface area contributed by atoms with Crippen LogP contribution in [-0.2, 0) is 4.74 Å². The number of hydrogen-bond donors (Lipinski definition) is 0. The minimum Gasteiger partial charge on any atom is -0.376 e. The highest BCUT2D eigenvalue weighted by molar-refractivity contribution is 5.51. The first-order valence-electron chi connectivity index (χ1n) is 6.84. The number of aromatic nitrogens is 2. The molecule has 1 aliphatic heterocycles. The maximum atomic E-state index is 5.70. The number of nitrogens with zero attached hydrogens (tertiary/aromatic N) is 4. The standard InChI is InChI=1S/C14H24N4O/c1-10-11(2)15-14(17(3)4)16-13(10)18(5)9-12-7-6-8-19-12/h12H,6-9H2,1-5H3. The van der Waals surface area contributed by atoms with Crippen molar-refractivity contribution in [2.24, 2.45) is 0 Å². The van der Waals surface area contributed by atoms with Gasteiger partial charge in [-0.1, -0.05) is 0 Å². The van der Waals surface area contributed by atoms with E-state index in [2.05, 4.69) is 28.8 Å². The number of ether oxygens (including phenoxy) is 1. The van der Waals surface area contributed by atoms with Gasteiger partial charge in [0.05, 0.1) is 6.10 Å². The maximum Gasteiger partial charge on any atom is 0.227 e. The Labute approximate surface area is 115 Å². The Morgan fingerprint density at radius 3 is 2.53 bits per heavy atom. The molecule has 0 spiro atoms. The zero-order chi connectivity index (χ0) is 14.0. The van der Waals surface area contributed by atoms with Gasteiger partial charge in [0.15, 0.2) is 0 Å². The quantitative estimate of drug-likeness (QED) is 0.829. The molecular formula is C14H24N4O. The average Bonchev–Trinajstić information content (AvgIpc) is 2.84. The first-order valence-corrected chi connectivity index (χ1v) is 6.84. The third-order valence-corrected chi connectivity index (χ3v) is 3.61. The molecular weight excluding hydrogens is 240 g/mol. The van der Waals surface area contributed by atoms with Crippen LogP contribution in [0.4, 0.5) is 11.8 Å². The second-order valence-corrected chi connectivity index (χ2v) is 5.47. The van der Waals surface area contributed by atoms with E-state index in [1.807, 2.05) is 25.9 Å². The molecule has 1 atom stereocenters. The SMILES string of the molecule is Cc1nc(N(C)C)nc(N(C)CC2CCCO2)c1C. The Morgan fingerprint density at radius 1 is 1.21 bits per heavy atom. The van der Waals surface area contributed by atoms with E-state index < -0.39 is 0 Å². The van der Waals surface area contributed by atoms with Crippen LogP contribution in [-0.4, -0.2) is 50.4 Å². The van der Waals surface area contributed by atoms with Gasteiger partial charge in [0, 0.05) is 45.6 Å². The molecule has 5 nitrogen and oxygen atoms in total. The van der Waals surface area contributed by atoms with Crippen LogP contribution in [0.25, 0.3) is 0 Å². The Balaban J connectivity index is 2.21. The number of likely N-dealkylation sites (N-methyl/N-ethyl adjacent to an activating group) is 1. The largest absolute Gasteiger partial charge is 0.376 e. The topological polar surface area (TPSA) is 41.5 Å². The Bertz CT molecular complexity index is 441. The van der Waals surface area contributed by atoms with Gasteiger partial charge >= 0.3 is 0 Å². The summed E-state index contributed by atoms with van der Waals surface area (Å²) >= 11 is 0. The number of aryl methyl sites for hydroxylation is 1. The van der Waals surface area contributed by atoms with Crippen molar-refractivity contribution in [2.75, 3.05) is 44.1 Å². The molecule has 2 heterocycles. The van der Waals surface area contributed by atoms with E-state index in [9.17, 15) is 0 Å². The molecule has 1 saturated heterocycles. The molecule has 1 aromatic heterocycles. The van der Waals surface area contributed by atoms with Gasteiger partial charge in [-0.15, -0.1) is 0 Å². The van der Waals surface area contributed by atoms with Crippen LogP contribution in [0.2, 0.25) is 0 Å². The van der Waals surface area contributed by atoms with Crippen LogP contribution in [0, 0.1) is 13.8 Å². The second-order valence-electron chi connectivity index (χ2n) is 5.47. The Morgan fingerprint density at radius 2 is 1.95 bits per heavy atom. The first kappa shape index (κ1) is 14.1. The van der Waals surface area contributed by atoms with Crippen LogP contribution in [0.1, 0.15) is 24.1 Å². The fourth-order valence-electron chi connectivity index (χ4n) is 2.35. The second kappa shape index (κ2) is 5.74. The summed E-state index contributed by atoms with van der Waals surface area (Å²) in [6, 6.07) is 0. The highest BCUT2D eigenvalue weighted by Crippen LogP contribution is 2.23. The van der Waals surface area contributed by atoms with Gasteiger partial charge < -0.3 is 14.5 Å². The van der Waals surface area contributed by atoms with Gasteiger partial charge in [-0.25, -0.2) is 4.98 Å². The van der Waals surface area contributed by atoms with Crippen molar-refractivity contribution in [3.63, 3.8) is 0 Å². The third kappa shape index (κ3) is 3.15. The van der Waals surface area contributed by atoms with Crippen LogP contribution >= 0.6 is 0 Å². The molecule has 0 amide bonds. The van der Waals surface area contributed by atoms with Crippen LogP contribution in [0.3, 0.4) is 0 Å². The molecule has 106 valence electrons. The molecule has 5 heteroatoms. The summed E-state index contributed by atoms with van der Waals surface area (Å²) in [6.45, 7) is 5.90. The van der Waals surface area contributed by atoms with Crippen molar-refractivity contribution >= 4 is 11.8 Å². The molecule has 0 N–H and O–H groups in total. The van der Waals surface area contributed by atoms with E-state index in [0.717, 1.165) is 42.6 Å². The summed E-state index contributed by atoms with van der Waals surface area (Å²) in [5, 5.41) is 0. The molecule has 1 aliphatic rings. The van der Waals surface area contributed by atoms with E-state index >= 15 is 0 Å². The summed E-state index contributed by atoms with van der Waals surface area (Å²) in [5.41, 5.74) is 2.18. The molecule has 0 saturated carbocycles. The monoisotopic (exact) mass is 264 g/mol. The van der Waals surface area contributed by atoms with Gasteiger partial charge in [0.1, 0.15) is 5.82 Å². The van der Waals surface area contributed by atoms with Crippen molar-refractivity contribution < 1.29 is 4.74 Å². The maximum absolute atomic E-state index is 5.70. The molecule has 0 aromatic carbocycles. The van der Waals surface area contributed by atoms with Crippen LogP contribution < -0.4 is 9.80 Å². The molecule has 19 heavy (non-hydrogen) atoms. The average molecular weight is 264 g/mol. The van der Waals surface area contributed by atoms with E-state index in [4.69, 9.17) is 4.74 Å². The first-order chi connectivity index (χ1) is 8.99. The number of rotatable bonds is 4. The molecule has 0 aliphatic carbocycles. The predicted octanol–water partition coefficient (Wildman–Crippen LogP) is 1.77. The number of anilines is 2. The fraction of sp³-hybridized carbons (Fsp3) is 0.714. The van der Waals surface area contributed by atoms with Crippen molar-refractivity contribution in [1.82, 2.24) is 9.97 Å². The summed E-state index contributed by atoms with van der Waals surface area (Å²) in [6.07, 6.45) is 2.65. The molecule has 1 fully saturated rings. The Hall–Kier alpha value is -1.36.